The molecule has 0 radical (unpaired) electrons. The van der Waals surface area contributed by atoms with Crippen molar-refractivity contribution in [3.8, 4) is 11.5 Å². The molecule has 5 rings (SSSR count). The molecule has 234 valence electrons. The van der Waals surface area contributed by atoms with E-state index < -0.39 is 0 Å². The number of carbonyl (C=O) groups is 1. The number of carbonyl (C=O) groups excluding carboxylic acids is 1. The van der Waals surface area contributed by atoms with Crippen molar-refractivity contribution in [1.82, 2.24) is 24.5 Å². The summed E-state index contributed by atoms with van der Waals surface area (Å²) in [6.07, 6.45) is 4.88. The van der Waals surface area contributed by atoms with Gasteiger partial charge >= 0.3 is 0 Å². The Labute approximate surface area is 263 Å². The van der Waals surface area contributed by atoms with E-state index >= 15 is 0 Å². The van der Waals surface area contributed by atoms with Gasteiger partial charge in [-0.25, -0.2) is 0 Å². The number of hydrogen-bond acceptors (Lipinski definition) is 9. The molecule has 0 unspecified atom stereocenters. The number of piperidine rings is 1. The average molecular weight is 620 g/mol. The van der Waals surface area contributed by atoms with Gasteiger partial charge in [0.25, 0.3) is 0 Å². The van der Waals surface area contributed by atoms with Crippen LogP contribution in [-0.2, 0) is 11.3 Å². The fraction of sp³-hybridized carbons (Fsp3) is 0.438. The van der Waals surface area contributed by atoms with Crippen LogP contribution >= 0.6 is 11.6 Å². The Kier molecular flexibility index (Phi) is 10.2. The first-order valence-electron chi connectivity index (χ1n) is 15.2. The van der Waals surface area contributed by atoms with Gasteiger partial charge in [-0.1, -0.05) is 37.6 Å². The molecule has 3 heterocycles. The molecule has 4 N–H and O–H groups in total. The minimum absolute atomic E-state index is 0.0810. The fourth-order valence-electron chi connectivity index (χ4n) is 5.11. The maximum absolute atomic E-state index is 12.4. The molecule has 1 aliphatic rings. The quantitative estimate of drug-likeness (QED) is 0.188. The molecule has 0 aliphatic carbocycles. The molecule has 2 aromatic carbocycles. The summed E-state index contributed by atoms with van der Waals surface area (Å²) in [7, 11) is 3.97. The molecule has 1 amide bonds. The number of hydrogen-bond donors (Lipinski definition) is 3. The van der Waals surface area contributed by atoms with E-state index in [0.29, 0.717) is 47.1 Å². The molecule has 11 nitrogen and oxygen atoms in total. The number of nitrogens with one attached hydrogen (secondary N) is 2. The van der Waals surface area contributed by atoms with Crippen LogP contribution in [0.4, 0.5) is 17.6 Å². The standard InChI is InChI=1S/C32H42ClN9O2/c1-21(2)26-20-36-42-30(26)38-32(41-15-12-23(34)13-16-41)39-31(42)35-19-22-7-5-8-24(17-22)44-25-10-11-27(33)28(18-25)37-29(43)9-6-14-40(3)4/h5,7-8,10-11,17-18,20-21,23H,6,9,12-16,19,34H2,1-4H3,(H,37,43)(H,35,38,39). The predicted octanol–water partition coefficient (Wildman–Crippen LogP) is 5.51. The van der Waals surface area contributed by atoms with Crippen LogP contribution in [0.2, 0.25) is 5.02 Å². The van der Waals surface area contributed by atoms with Crippen molar-refractivity contribution >= 4 is 40.7 Å². The second-order valence-corrected chi connectivity index (χ2v) is 12.3. The number of halogens is 1. The maximum atomic E-state index is 12.4. The van der Waals surface area contributed by atoms with Gasteiger partial charge in [-0.3, -0.25) is 4.79 Å². The monoisotopic (exact) mass is 619 g/mol. The van der Waals surface area contributed by atoms with E-state index in [1.807, 2.05) is 44.6 Å². The molecule has 1 fully saturated rings. The summed E-state index contributed by atoms with van der Waals surface area (Å²) in [5.74, 6) is 2.74. The first-order chi connectivity index (χ1) is 21.2. The van der Waals surface area contributed by atoms with Gasteiger partial charge in [0.05, 0.1) is 16.9 Å². The number of aromatic nitrogens is 4. The summed E-state index contributed by atoms with van der Waals surface area (Å²) in [4.78, 5) is 26.5. The molecule has 1 saturated heterocycles. The first-order valence-corrected chi connectivity index (χ1v) is 15.5. The van der Waals surface area contributed by atoms with Crippen LogP contribution in [0.3, 0.4) is 0 Å². The van der Waals surface area contributed by atoms with Crippen LogP contribution in [0.5, 0.6) is 11.5 Å². The van der Waals surface area contributed by atoms with Crippen molar-refractivity contribution in [3.05, 3.63) is 64.8 Å². The molecular weight excluding hydrogens is 578 g/mol. The van der Waals surface area contributed by atoms with Crippen LogP contribution in [-0.4, -0.2) is 70.2 Å². The van der Waals surface area contributed by atoms with E-state index in [-0.39, 0.29) is 17.9 Å². The number of rotatable bonds is 12. The number of nitrogens with zero attached hydrogens (tertiary/aromatic N) is 6. The Morgan fingerprint density at radius 2 is 1.91 bits per heavy atom. The molecule has 2 aromatic heterocycles. The Morgan fingerprint density at radius 1 is 1.14 bits per heavy atom. The third-order valence-electron chi connectivity index (χ3n) is 7.63. The molecule has 12 heteroatoms. The van der Waals surface area contributed by atoms with E-state index in [1.165, 1.54) is 0 Å². The highest BCUT2D eigenvalue weighted by atomic mass is 35.5. The number of ether oxygens (including phenoxy) is 1. The van der Waals surface area contributed by atoms with Crippen molar-refractivity contribution < 1.29 is 9.53 Å². The third kappa shape index (κ3) is 7.96. The Bertz CT molecular complexity index is 1580. The zero-order chi connectivity index (χ0) is 31.2. The maximum Gasteiger partial charge on any atom is 0.230 e. The van der Waals surface area contributed by atoms with Crippen molar-refractivity contribution in [1.29, 1.82) is 0 Å². The Balaban J connectivity index is 1.29. The lowest BCUT2D eigenvalue weighted by molar-refractivity contribution is -0.116. The summed E-state index contributed by atoms with van der Waals surface area (Å²) >= 11 is 6.37. The molecule has 0 saturated carbocycles. The lowest BCUT2D eigenvalue weighted by Gasteiger charge is -2.30. The van der Waals surface area contributed by atoms with E-state index in [0.717, 1.165) is 55.7 Å². The average Bonchev–Trinajstić information content (AvgIpc) is 3.43. The smallest absolute Gasteiger partial charge is 0.230 e. The SMILES string of the molecule is CC(C)c1cnn2c(NCc3cccc(Oc4ccc(Cl)c(NC(=O)CCCN(C)C)c4)c3)nc(N3CCC(N)CC3)nc12. The summed E-state index contributed by atoms with van der Waals surface area (Å²) in [6.45, 7) is 7.27. The minimum atomic E-state index is -0.0810. The van der Waals surface area contributed by atoms with Crippen LogP contribution < -0.4 is 26.0 Å². The number of fused-ring (bicyclic) bond motifs is 1. The summed E-state index contributed by atoms with van der Waals surface area (Å²) in [5.41, 5.74) is 9.55. The van der Waals surface area contributed by atoms with Gasteiger partial charge in [0.2, 0.25) is 17.8 Å². The molecule has 0 atom stereocenters. The highest BCUT2D eigenvalue weighted by molar-refractivity contribution is 6.33. The Hall–Kier alpha value is -3.93. The number of amides is 1. The van der Waals surface area contributed by atoms with Gasteiger partial charge in [-0.15, -0.1) is 0 Å². The zero-order valence-electron chi connectivity index (χ0n) is 25.9. The van der Waals surface area contributed by atoms with Crippen LogP contribution in [0, 0.1) is 0 Å². The molecular formula is C32H42ClN9O2. The Morgan fingerprint density at radius 3 is 2.66 bits per heavy atom. The lowest BCUT2D eigenvalue weighted by Crippen LogP contribution is -2.40. The number of anilines is 3. The van der Waals surface area contributed by atoms with Gasteiger partial charge in [-0.05, 0) is 75.6 Å². The predicted molar refractivity (Wildman–Crippen MR) is 176 cm³/mol. The highest BCUT2D eigenvalue weighted by Crippen LogP contribution is 2.31. The fourth-order valence-corrected chi connectivity index (χ4v) is 5.28. The molecule has 0 bridgehead atoms. The van der Waals surface area contributed by atoms with Gasteiger partial charge in [0.15, 0.2) is 5.65 Å². The first kappa shape index (κ1) is 31.5. The summed E-state index contributed by atoms with van der Waals surface area (Å²) < 4.78 is 7.94. The normalized spacial score (nSPS) is 14.0. The van der Waals surface area contributed by atoms with Crippen molar-refractivity contribution in [2.75, 3.05) is 49.3 Å². The second-order valence-electron chi connectivity index (χ2n) is 11.9. The van der Waals surface area contributed by atoms with Crippen LogP contribution in [0.1, 0.15) is 56.6 Å². The van der Waals surface area contributed by atoms with E-state index in [2.05, 4.69) is 39.4 Å². The highest BCUT2D eigenvalue weighted by Gasteiger charge is 2.22. The van der Waals surface area contributed by atoms with Gasteiger partial charge in [0.1, 0.15) is 11.5 Å². The second kappa shape index (κ2) is 14.2. The van der Waals surface area contributed by atoms with E-state index in [1.54, 1.807) is 22.7 Å². The van der Waals surface area contributed by atoms with E-state index in [4.69, 9.17) is 32.0 Å². The molecule has 1 aliphatic heterocycles. The van der Waals surface area contributed by atoms with Crippen molar-refractivity contribution in [3.63, 3.8) is 0 Å². The lowest BCUT2D eigenvalue weighted by atomic mass is 10.1. The third-order valence-corrected chi connectivity index (χ3v) is 7.96. The minimum Gasteiger partial charge on any atom is -0.457 e. The molecule has 4 aromatic rings. The molecule has 0 spiro atoms. The summed E-state index contributed by atoms with van der Waals surface area (Å²) in [5, 5.41) is 11.4. The zero-order valence-corrected chi connectivity index (χ0v) is 26.6. The topological polar surface area (TPSA) is 126 Å². The van der Waals surface area contributed by atoms with Crippen LogP contribution in [0.15, 0.2) is 48.7 Å². The van der Waals surface area contributed by atoms with Crippen molar-refractivity contribution in [2.45, 2.75) is 58.0 Å². The van der Waals surface area contributed by atoms with Gasteiger partial charge in [0, 0.05) is 43.7 Å². The number of nitrogens with two attached hydrogens (primary N) is 1. The summed E-state index contributed by atoms with van der Waals surface area (Å²) in [6, 6.07) is 13.3. The number of benzene rings is 2. The molecule has 44 heavy (non-hydrogen) atoms. The van der Waals surface area contributed by atoms with E-state index in [9.17, 15) is 4.79 Å². The van der Waals surface area contributed by atoms with Gasteiger partial charge < -0.3 is 30.9 Å². The van der Waals surface area contributed by atoms with Gasteiger partial charge in [-0.2, -0.15) is 19.6 Å². The van der Waals surface area contributed by atoms with Crippen LogP contribution in [0.25, 0.3) is 5.65 Å². The largest absolute Gasteiger partial charge is 0.457 e. The van der Waals surface area contributed by atoms with Crippen molar-refractivity contribution in [2.24, 2.45) is 5.73 Å².